The van der Waals surface area contributed by atoms with E-state index in [0.717, 1.165) is 4.47 Å². The van der Waals surface area contributed by atoms with Crippen molar-refractivity contribution in [3.05, 3.63) is 28.7 Å². The van der Waals surface area contributed by atoms with Crippen LogP contribution in [0.25, 0.3) is 0 Å². The topological polar surface area (TPSA) is 32.6 Å². The highest BCUT2D eigenvalue weighted by Crippen LogP contribution is 2.21. The second kappa shape index (κ2) is 6.05. The molecule has 1 aliphatic heterocycles. The number of halogens is 1. The standard InChI is InChI=1S/C6H5BrO.C3H5NS/c7-5-3-1-2-4-6(5)8;1-2-4-5-3-1/h1-4,8H;2H,1,3H2. The highest BCUT2D eigenvalue weighted by Gasteiger charge is 1.89. The van der Waals surface area contributed by atoms with E-state index >= 15 is 0 Å². The van der Waals surface area contributed by atoms with Crippen molar-refractivity contribution >= 4 is 34.1 Å². The Morgan fingerprint density at radius 2 is 2.15 bits per heavy atom. The van der Waals surface area contributed by atoms with Gasteiger partial charge in [-0.3, -0.25) is 0 Å². The fourth-order valence-electron chi connectivity index (χ4n) is 0.715. The maximum Gasteiger partial charge on any atom is 0.129 e. The molecule has 1 aromatic carbocycles. The summed E-state index contributed by atoms with van der Waals surface area (Å²) in [5.41, 5.74) is 0. The van der Waals surface area contributed by atoms with Crippen molar-refractivity contribution in [2.45, 2.75) is 6.42 Å². The maximum atomic E-state index is 8.87. The van der Waals surface area contributed by atoms with Gasteiger partial charge in [-0.2, -0.15) is 0 Å². The van der Waals surface area contributed by atoms with E-state index in [1.54, 1.807) is 30.1 Å². The first-order valence-corrected chi connectivity index (χ1v) is 5.61. The van der Waals surface area contributed by atoms with Crippen molar-refractivity contribution in [3.8, 4) is 5.75 Å². The second-order valence-electron chi connectivity index (χ2n) is 2.36. The molecule has 1 aromatic rings. The molecule has 1 aliphatic rings. The Morgan fingerprint density at radius 3 is 2.46 bits per heavy atom. The van der Waals surface area contributed by atoms with Gasteiger partial charge in [0.1, 0.15) is 5.75 Å². The van der Waals surface area contributed by atoms with Crippen molar-refractivity contribution in [2.75, 3.05) is 5.75 Å². The summed E-state index contributed by atoms with van der Waals surface area (Å²) in [6.45, 7) is 0. The molecule has 0 radical (unpaired) electrons. The van der Waals surface area contributed by atoms with Crippen molar-refractivity contribution in [3.63, 3.8) is 0 Å². The average molecular weight is 260 g/mol. The summed E-state index contributed by atoms with van der Waals surface area (Å²) in [5, 5.41) is 8.87. The Bertz CT molecular complexity index is 264. The first kappa shape index (κ1) is 10.6. The normalized spacial score (nSPS) is 13.6. The largest absolute Gasteiger partial charge is 0.507 e. The van der Waals surface area contributed by atoms with Crippen LogP contribution in [0.2, 0.25) is 0 Å². The zero-order chi connectivity index (χ0) is 9.52. The molecule has 2 nitrogen and oxygen atoms in total. The quantitative estimate of drug-likeness (QED) is 0.726. The van der Waals surface area contributed by atoms with Crippen LogP contribution < -0.4 is 0 Å². The summed E-state index contributed by atoms with van der Waals surface area (Å²) in [7, 11) is 0. The van der Waals surface area contributed by atoms with E-state index in [2.05, 4.69) is 20.3 Å². The average Bonchev–Trinajstić information content (AvgIpc) is 2.68. The summed E-state index contributed by atoms with van der Waals surface area (Å²) < 4.78 is 4.61. The van der Waals surface area contributed by atoms with Gasteiger partial charge in [0, 0.05) is 12.0 Å². The van der Waals surface area contributed by atoms with Gasteiger partial charge in [0.2, 0.25) is 0 Å². The number of aromatic hydroxyl groups is 1. The van der Waals surface area contributed by atoms with Crippen LogP contribution >= 0.6 is 27.9 Å². The van der Waals surface area contributed by atoms with Gasteiger partial charge in [-0.1, -0.05) is 12.1 Å². The summed E-state index contributed by atoms with van der Waals surface area (Å²) in [6.07, 6.45) is 3.12. The molecule has 0 spiro atoms. The van der Waals surface area contributed by atoms with Crippen LogP contribution in [0, 0.1) is 0 Å². The van der Waals surface area contributed by atoms with Crippen molar-refractivity contribution in [1.29, 1.82) is 0 Å². The molecule has 70 valence electrons. The third kappa shape index (κ3) is 4.33. The number of hydrogen-bond acceptors (Lipinski definition) is 3. The molecule has 4 heteroatoms. The van der Waals surface area contributed by atoms with Crippen LogP contribution in [0.4, 0.5) is 0 Å². The minimum absolute atomic E-state index is 0.285. The van der Waals surface area contributed by atoms with Gasteiger partial charge in [-0.05, 0) is 46.4 Å². The zero-order valence-electron chi connectivity index (χ0n) is 6.98. The van der Waals surface area contributed by atoms with Gasteiger partial charge < -0.3 is 5.11 Å². The maximum absolute atomic E-state index is 8.87. The molecule has 0 atom stereocenters. The molecule has 0 fully saturated rings. The molecule has 0 unspecified atom stereocenters. The number of phenols is 1. The van der Waals surface area contributed by atoms with Crippen LogP contribution in [0.3, 0.4) is 0 Å². The lowest BCUT2D eigenvalue weighted by Crippen LogP contribution is -1.63. The zero-order valence-corrected chi connectivity index (χ0v) is 9.38. The Hall–Kier alpha value is -0.480. The molecule has 0 amide bonds. The predicted molar refractivity (Wildman–Crippen MR) is 61.4 cm³/mol. The molecule has 1 N–H and O–H groups in total. The van der Waals surface area contributed by atoms with Gasteiger partial charge in [-0.15, -0.1) is 0 Å². The lowest BCUT2D eigenvalue weighted by molar-refractivity contribution is 0.472. The molecule has 0 saturated heterocycles. The molecule has 13 heavy (non-hydrogen) atoms. The highest BCUT2D eigenvalue weighted by atomic mass is 79.9. The van der Waals surface area contributed by atoms with Gasteiger partial charge >= 0.3 is 0 Å². The number of nitrogens with zero attached hydrogens (tertiary/aromatic N) is 1. The third-order valence-electron chi connectivity index (χ3n) is 1.34. The molecule has 0 aromatic heterocycles. The van der Waals surface area contributed by atoms with Crippen molar-refractivity contribution in [2.24, 2.45) is 4.40 Å². The number of hydrogen-bond donors (Lipinski definition) is 1. The summed E-state index contributed by atoms with van der Waals surface area (Å²) >= 11 is 4.79. The number of phenolic OH excluding ortho intramolecular Hbond substituents is 1. The molecule has 1 heterocycles. The molecule has 2 rings (SSSR count). The van der Waals surface area contributed by atoms with Crippen molar-refractivity contribution < 1.29 is 5.11 Å². The molecule has 0 saturated carbocycles. The minimum atomic E-state index is 0.285. The van der Waals surface area contributed by atoms with Crippen LogP contribution in [-0.4, -0.2) is 17.1 Å². The van der Waals surface area contributed by atoms with E-state index in [4.69, 9.17) is 5.11 Å². The molecular weight excluding hydrogens is 250 g/mol. The van der Waals surface area contributed by atoms with Gasteiger partial charge in [-0.25, -0.2) is 4.40 Å². The number of rotatable bonds is 0. The molecular formula is C9H10BrNOS. The number of benzene rings is 1. The van der Waals surface area contributed by atoms with Gasteiger partial charge in [0.25, 0.3) is 0 Å². The van der Waals surface area contributed by atoms with E-state index < -0.39 is 0 Å². The predicted octanol–water partition coefficient (Wildman–Crippen LogP) is 3.26. The minimum Gasteiger partial charge on any atom is -0.507 e. The van der Waals surface area contributed by atoms with Crippen LogP contribution in [-0.2, 0) is 0 Å². The van der Waals surface area contributed by atoms with E-state index in [0.29, 0.717) is 0 Å². The van der Waals surface area contributed by atoms with E-state index in [-0.39, 0.29) is 5.75 Å². The smallest absolute Gasteiger partial charge is 0.129 e. The van der Waals surface area contributed by atoms with E-state index in [1.165, 1.54) is 12.2 Å². The van der Waals surface area contributed by atoms with Crippen LogP contribution in [0.5, 0.6) is 5.75 Å². The third-order valence-corrected chi connectivity index (χ3v) is 2.73. The highest BCUT2D eigenvalue weighted by molar-refractivity contribution is 9.10. The number of para-hydroxylation sites is 1. The first-order valence-electron chi connectivity index (χ1n) is 3.88. The summed E-state index contributed by atoms with van der Waals surface area (Å²) in [4.78, 5) is 0. The molecule has 0 bridgehead atoms. The van der Waals surface area contributed by atoms with Crippen LogP contribution in [0.1, 0.15) is 6.42 Å². The summed E-state index contributed by atoms with van der Waals surface area (Å²) in [6, 6.07) is 7.04. The van der Waals surface area contributed by atoms with E-state index in [9.17, 15) is 0 Å². The van der Waals surface area contributed by atoms with Crippen LogP contribution in [0.15, 0.2) is 33.1 Å². The van der Waals surface area contributed by atoms with Crippen molar-refractivity contribution in [1.82, 2.24) is 0 Å². The van der Waals surface area contributed by atoms with Gasteiger partial charge in [0.15, 0.2) is 0 Å². The Kier molecular flexibility index (Phi) is 4.93. The van der Waals surface area contributed by atoms with Gasteiger partial charge in [0.05, 0.1) is 4.47 Å². The fraction of sp³-hybridized carbons (Fsp3) is 0.222. The Balaban J connectivity index is 0.000000145. The Labute approximate surface area is 90.3 Å². The second-order valence-corrected chi connectivity index (χ2v) is 4.09. The monoisotopic (exact) mass is 259 g/mol. The lowest BCUT2D eigenvalue weighted by atomic mass is 10.3. The summed E-state index contributed by atoms with van der Waals surface area (Å²) in [5.74, 6) is 1.48. The van der Waals surface area contributed by atoms with E-state index in [1.807, 2.05) is 12.3 Å². The first-order chi connectivity index (χ1) is 6.30. The Morgan fingerprint density at radius 1 is 1.38 bits per heavy atom. The fourth-order valence-corrected chi connectivity index (χ4v) is 1.53. The lowest BCUT2D eigenvalue weighted by Gasteiger charge is -1.90. The molecule has 0 aliphatic carbocycles. The SMILES string of the molecule is C1=NSCC1.Oc1ccccc1Br.